The second-order valence-corrected chi connectivity index (χ2v) is 19.7. The normalized spacial score (nSPS) is 16.1. The van der Waals surface area contributed by atoms with Gasteiger partial charge < -0.3 is 74.6 Å². The molecule has 1 fully saturated rings. The number of carboxylic acids is 2. The van der Waals surface area contributed by atoms with Crippen molar-refractivity contribution in [1.29, 1.82) is 0 Å². The molecule has 1 heterocycles. The molecule has 9 amide bonds. The van der Waals surface area contributed by atoms with Crippen LogP contribution in [0.15, 0.2) is 54.6 Å². The highest BCUT2D eigenvalue weighted by molar-refractivity contribution is 7.98. The number of rotatable bonds is 34. The summed E-state index contributed by atoms with van der Waals surface area (Å²) in [6, 6.07) is 3.21. The van der Waals surface area contributed by atoms with Crippen molar-refractivity contribution >= 4 is 76.9 Å². The smallest absolute Gasteiger partial charge is 0.326 e. The predicted octanol–water partition coefficient (Wildman–Crippen LogP) is -1.73. The van der Waals surface area contributed by atoms with Crippen LogP contribution in [0.2, 0.25) is 0 Å². The van der Waals surface area contributed by atoms with Gasteiger partial charge in [0, 0.05) is 25.8 Å². The maximum Gasteiger partial charge on any atom is 0.326 e. The van der Waals surface area contributed by atoms with Gasteiger partial charge in [-0.3, -0.25) is 47.9 Å². The van der Waals surface area contributed by atoms with Crippen molar-refractivity contribution < 1.29 is 68.1 Å². The molecule has 16 N–H and O–H groups in total. The van der Waals surface area contributed by atoms with Crippen LogP contribution in [0.1, 0.15) is 89.2 Å². The molecule has 2 aromatic rings. The van der Waals surface area contributed by atoms with Crippen LogP contribution in [-0.2, 0) is 65.6 Å². The SMILES string of the molecule is CC[C@H](C)[C@H](NC(=O)[C@H](CCC(N)=O)NC(=O)[C@H](CC(=O)O)NC(=O)[C@H](Cc1ccc(O)cc1)NC(=O)CN)C(=O)N[C@@H](CCSC)C(=O)N1CCC[C@H]1C(=O)N[C@@H](CCCCN)C(=O)N[C@@H](Cc1ccccc1)C(=O)O. The van der Waals surface area contributed by atoms with E-state index >= 15 is 0 Å². The molecule has 0 aromatic heterocycles. The third-order valence-electron chi connectivity index (χ3n) is 12.9. The Bertz CT molecular complexity index is 2350. The van der Waals surface area contributed by atoms with Crippen LogP contribution < -0.4 is 54.4 Å². The van der Waals surface area contributed by atoms with Crippen molar-refractivity contribution in [2.24, 2.45) is 23.1 Å². The monoisotopic (exact) mass is 1100 g/mol. The van der Waals surface area contributed by atoms with Crippen LogP contribution >= 0.6 is 11.8 Å². The lowest BCUT2D eigenvalue weighted by Crippen LogP contribution is -2.61. The largest absolute Gasteiger partial charge is 0.508 e. The number of aromatic hydroxyl groups is 1. The van der Waals surface area contributed by atoms with E-state index in [0.29, 0.717) is 49.1 Å². The van der Waals surface area contributed by atoms with Gasteiger partial charge in [-0.1, -0.05) is 62.7 Å². The number of thioether (sulfide) groups is 1. The highest BCUT2D eigenvalue weighted by Crippen LogP contribution is 2.22. The Hall–Kier alpha value is -7.32. The Morgan fingerprint density at radius 2 is 1.25 bits per heavy atom. The van der Waals surface area contributed by atoms with E-state index in [-0.39, 0.29) is 44.4 Å². The number of benzene rings is 2. The fraction of sp³-hybridized carbons (Fsp3) is 0.549. The van der Waals surface area contributed by atoms with E-state index in [0.717, 1.165) is 0 Å². The van der Waals surface area contributed by atoms with Crippen LogP contribution in [0.5, 0.6) is 5.75 Å². The van der Waals surface area contributed by atoms with Gasteiger partial charge in [0.05, 0.1) is 13.0 Å². The third kappa shape index (κ3) is 21.7. The lowest BCUT2D eigenvalue weighted by molar-refractivity contribution is -0.144. The van der Waals surface area contributed by atoms with Gasteiger partial charge in [0.1, 0.15) is 54.1 Å². The zero-order chi connectivity index (χ0) is 57.2. The lowest BCUT2D eigenvalue weighted by atomic mass is 9.96. The van der Waals surface area contributed by atoms with E-state index in [4.69, 9.17) is 17.2 Å². The van der Waals surface area contributed by atoms with Gasteiger partial charge >= 0.3 is 11.9 Å². The molecule has 1 saturated heterocycles. The Morgan fingerprint density at radius 3 is 1.84 bits per heavy atom. The molecule has 0 aliphatic carbocycles. The number of unbranched alkanes of at least 4 members (excludes halogenated alkanes) is 1. The summed E-state index contributed by atoms with van der Waals surface area (Å²) in [6.07, 6.45) is 1.69. The van der Waals surface area contributed by atoms with E-state index in [1.165, 1.54) is 40.9 Å². The Kier molecular flexibility index (Phi) is 27.4. The van der Waals surface area contributed by atoms with Crippen LogP contribution in [0.3, 0.4) is 0 Å². The van der Waals surface area contributed by atoms with Gasteiger partial charge in [-0.15, -0.1) is 0 Å². The fourth-order valence-electron chi connectivity index (χ4n) is 8.38. The van der Waals surface area contributed by atoms with Gasteiger partial charge in [0.15, 0.2) is 0 Å². The van der Waals surface area contributed by atoms with Crippen LogP contribution in [-0.4, -0.2) is 165 Å². The first-order chi connectivity index (χ1) is 36.6. The molecule has 424 valence electrons. The highest BCUT2D eigenvalue weighted by atomic mass is 32.2. The number of carbonyl (C=O) groups excluding carboxylic acids is 9. The predicted molar refractivity (Wildman–Crippen MR) is 283 cm³/mol. The summed E-state index contributed by atoms with van der Waals surface area (Å²) in [6.45, 7) is 3.26. The minimum Gasteiger partial charge on any atom is -0.508 e. The summed E-state index contributed by atoms with van der Waals surface area (Å²) < 4.78 is 0. The molecule has 0 spiro atoms. The second kappa shape index (κ2) is 33.0. The minimum atomic E-state index is -1.86. The molecule has 0 bridgehead atoms. The summed E-state index contributed by atoms with van der Waals surface area (Å²) in [4.78, 5) is 148. The van der Waals surface area contributed by atoms with Crippen LogP contribution in [0, 0.1) is 5.92 Å². The van der Waals surface area contributed by atoms with Crippen molar-refractivity contribution in [2.45, 2.75) is 139 Å². The summed E-state index contributed by atoms with van der Waals surface area (Å²) in [5.41, 5.74) is 17.7. The average Bonchev–Trinajstić information content (AvgIpc) is 3.90. The number of nitrogens with one attached hydrogen (secondary N) is 7. The number of carboxylic acid groups (broad SMARTS) is 2. The summed E-state index contributed by atoms with van der Waals surface area (Å²) in [5, 5.41) is 47.1. The van der Waals surface area contributed by atoms with Crippen LogP contribution in [0.25, 0.3) is 0 Å². The number of aliphatic carboxylic acids is 2. The number of nitrogens with zero attached hydrogens (tertiary/aromatic N) is 1. The number of primary amides is 1. The number of amides is 9. The number of phenolic OH excluding ortho intramolecular Hbond substituents is 1. The molecule has 1 aliphatic heterocycles. The highest BCUT2D eigenvalue weighted by Gasteiger charge is 2.41. The average molecular weight is 1100 g/mol. The number of phenols is 1. The molecule has 0 unspecified atom stereocenters. The molecule has 2 aromatic carbocycles. The van der Waals surface area contributed by atoms with Crippen molar-refractivity contribution in [3.8, 4) is 5.75 Å². The van der Waals surface area contributed by atoms with Crippen molar-refractivity contribution in [2.75, 3.05) is 31.6 Å². The molecule has 3 rings (SSSR count). The topological polar surface area (TPSA) is 414 Å². The van der Waals surface area contributed by atoms with E-state index < -0.39 is 145 Å². The van der Waals surface area contributed by atoms with Crippen molar-refractivity contribution in [1.82, 2.24) is 42.1 Å². The molecule has 25 nitrogen and oxygen atoms in total. The van der Waals surface area contributed by atoms with E-state index in [1.54, 1.807) is 50.4 Å². The molecule has 9 atom stereocenters. The number of hydrogen-bond acceptors (Lipinski definition) is 15. The van der Waals surface area contributed by atoms with Gasteiger partial charge in [-0.25, -0.2) is 4.79 Å². The number of likely N-dealkylation sites (tertiary alicyclic amines) is 1. The number of hydrogen-bond donors (Lipinski definition) is 13. The molecular formula is C51H75N11O14S. The van der Waals surface area contributed by atoms with Gasteiger partial charge in [-0.2, -0.15) is 11.8 Å². The number of nitrogens with two attached hydrogens (primary N) is 3. The maximum atomic E-state index is 14.5. The van der Waals surface area contributed by atoms with E-state index in [9.17, 15) is 68.1 Å². The van der Waals surface area contributed by atoms with E-state index in [1.807, 2.05) is 0 Å². The van der Waals surface area contributed by atoms with Crippen molar-refractivity contribution in [3.63, 3.8) is 0 Å². The molecule has 0 radical (unpaired) electrons. The van der Waals surface area contributed by atoms with Crippen LogP contribution in [0.4, 0.5) is 0 Å². The Morgan fingerprint density at radius 1 is 0.675 bits per heavy atom. The minimum absolute atomic E-state index is 0.0186. The van der Waals surface area contributed by atoms with Crippen molar-refractivity contribution in [3.05, 3.63) is 65.7 Å². The zero-order valence-electron chi connectivity index (χ0n) is 43.6. The standard InChI is InChI=1S/C51H75N11O14S/c1-4-29(2)43(61-45(69)34(19-20-40(54)64)56-47(71)37(27-42(66)67)59-46(70)36(55-41(65)28-53)25-31-15-17-32(63)18-16-31)49(73)58-35(21-24-77-3)50(74)62-23-10-14-39(62)48(72)57-33(13-8-9-22-52)44(68)60-38(51(75)76)26-30-11-6-5-7-12-30/h5-7,11-12,15-18,29,33-39,43,63H,4,8-10,13-14,19-28,52-53H2,1-3H3,(H2,54,64)(H,55,65)(H,56,71)(H,57,72)(H,58,73)(H,59,70)(H,60,68)(H,61,69)(H,66,67)(H,75,76)/t29-,33-,34-,35-,36-,37-,38-,39-,43-/m0/s1. The molecular weight excluding hydrogens is 1020 g/mol. The quantitative estimate of drug-likeness (QED) is 0.0347. The number of carbonyl (C=O) groups is 11. The molecule has 77 heavy (non-hydrogen) atoms. The molecule has 1 aliphatic rings. The van der Waals surface area contributed by atoms with E-state index in [2.05, 4.69) is 37.2 Å². The van der Waals surface area contributed by atoms with Gasteiger partial charge in [0.2, 0.25) is 53.2 Å². The van der Waals surface area contributed by atoms with Gasteiger partial charge in [0.25, 0.3) is 0 Å². The maximum absolute atomic E-state index is 14.5. The first-order valence-electron chi connectivity index (χ1n) is 25.5. The summed E-state index contributed by atoms with van der Waals surface area (Å²) >= 11 is 1.38. The lowest BCUT2D eigenvalue weighted by Gasteiger charge is -2.32. The summed E-state index contributed by atoms with van der Waals surface area (Å²) in [7, 11) is 0. The first-order valence-corrected chi connectivity index (χ1v) is 26.9. The summed E-state index contributed by atoms with van der Waals surface area (Å²) in [5.74, 6) is -10.8. The third-order valence-corrected chi connectivity index (χ3v) is 13.5. The molecule has 26 heteroatoms. The fourth-order valence-corrected chi connectivity index (χ4v) is 8.85. The van der Waals surface area contributed by atoms with Gasteiger partial charge in [-0.05, 0) is 92.7 Å². The Labute approximate surface area is 451 Å². The molecule has 0 saturated carbocycles. The first kappa shape index (κ1) is 64.0. The zero-order valence-corrected chi connectivity index (χ0v) is 44.4. The second-order valence-electron chi connectivity index (χ2n) is 18.8. The Balaban J connectivity index is 1.85.